The zero-order chi connectivity index (χ0) is 51.8. The average molecular weight is 909 g/mol. The molecule has 0 saturated heterocycles. The van der Waals surface area contributed by atoms with Crippen molar-refractivity contribution in [2.24, 2.45) is 42.3 Å². The van der Waals surface area contributed by atoms with Gasteiger partial charge in [-0.3, -0.25) is 14.0 Å². The Morgan fingerprint density at radius 1 is 0.492 bits per heavy atom. The summed E-state index contributed by atoms with van der Waals surface area (Å²) in [5.74, 6) is 4.58. The highest BCUT2D eigenvalue weighted by Crippen LogP contribution is 2.16. The summed E-state index contributed by atoms with van der Waals surface area (Å²) in [7, 11) is 11.9. The van der Waals surface area contributed by atoms with Crippen molar-refractivity contribution < 1.29 is 0 Å². The van der Waals surface area contributed by atoms with Crippen molar-refractivity contribution in [3.05, 3.63) is 109 Å². The first-order valence-corrected chi connectivity index (χ1v) is 24.7. The van der Waals surface area contributed by atoms with Crippen LogP contribution in [-0.2, 0) is 42.3 Å². The van der Waals surface area contributed by atoms with Crippen LogP contribution in [0.15, 0.2) is 74.4 Å². The lowest BCUT2D eigenvalue weighted by Crippen LogP contribution is -2.01. The highest BCUT2D eigenvalue weighted by molar-refractivity contribution is 5.08. The molecule has 0 aliphatic rings. The van der Waals surface area contributed by atoms with Crippen molar-refractivity contribution in [1.29, 1.82) is 0 Å². The first-order chi connectivity index (χ1) is 30.8. The maximum Gasteiger partial charge on any atom is 0.110 e. The maximum absolute atomic E-state index is 4.23. The molecule has 6 heterocycles. The second kappa shape index (κ2) is 43.2. The van der Waals surface area contributed by atoms with Crippen LogP contribution in [0.1, 0.15) is 228 Å². The predicted octanol–water partition coefficient (Wildman–Crippen LogP) is 14.8. The van der Waals surface area contributed by atoms with Gasteiger partial charge < -0.3 is 13.7 Å². The van der Waals surface area contributed by atoms with E-state index in [9.17, 15) is 0 Å². The lowest BCUT2D eigenvalue weighted by molar-refractivity contribution is 0.625. The fourth-order valence-corrected chi connectivity index (χ4v) is 5.14. The van der Waals surface area contributed by atoms with E-state index >= 15 is 0 Å². The van der Waals surface area contributed by atoms with E-state index in [0.29, 0.717) is 35.5 Å². The third-order valence-corrected chi connectivity index (χ3v) is 8.83. The lowest BCUT2D eigenvalue weighted by atomic mass is 10.1. The summed E-state index contributed by atoms with van der Waals surface area (Å²) in [6, 6.07) is 4.12. The lowest BCUT2D eigenvalue weighted by Gasteiger charge is -2.07. The van der Waals surface area contributed by atoms with Gasteiger partial charge in [0.15, 0.2) is 0 Å². The van der Waals surface area contributed by atoms with E-state index in [1.165, 1.54) is 23.4 Å². The number of aryl methyl sites for hydroxylation is 6. The number of hydrogen-bond donors (Lipinski definition) is 0. The second-order valence-corrected chi connectivity index (χ2v) is 15.6. The minimum absolute atomic E-state index is 0.532. The molecular formula is C53H104N12. The summed E-state index contributed by atoms with van der Waals surface area (Å²) < 4.78 is 11.7. The minimum atomic E-state index is 0.532. The number of hydrogen-bond acceptors (Lipinski definition) is 6. The highest BCUT2D eigenvalue weighted by Gasteiger charge is 2.06. The summed E-state index contributed by atoms with van der Waals surface area (Å²) in [5.41, 5.74) is 6.24. The average Bonchev–Trinajstić information content (AvgIpc) is 4.18. The molecule has 6 rings (SSSR count). The van der Waals surface area contributed by atoms with Gasteiger partial charge in [0.05, 0.1) is 30.2 Å². The first kappa shape index (κ1) is 69.3. The SMILES string of the molecule is CC.CC.CC.CC.CC.CC(C)c1ccn(C)n1.CC(C)c1cn(C)cn1.CC(C)c1cncn1C.CC(C)c1cnn(C)c1.CC(C)c1nccn1C.CCC(C)c1ccnn1C. The minimum Gasteiger partial charge on any atom is -0.340 e. The van der Waals surface area contributed by atoms with E-state index in [-0.39, 0.29) is 0 Å². The molecule has 0 N–H and O–H groups in total. The largest absolute Gasteiger partial charge is 0.340 e. The van der Waals surface area contributed by atoms with Gasteiger partial charge in [0.25, 0.3) is 0 Å². The molecule has 0 fully saturated rings. The van der Waals surface area contributed by atoms with Crippen molar-refractivity contribution in [1.82, 2.24) is 58.0 Å². The molecule has 6 aromatic heterocycles. The summed E-state index contributed by atoms with van der Waals surface area (Å²) in [4.78, 5) is 12.4. The van der Waals surface area contributed by atoms with Gasteiger partial charge in [0, 0.05) is 103 Å². The van der Waals surface area contributed by atoms with Gasteiger partial charge in [0.2, 0.25) is 0 Å². The van der Waals surface area contributed by atoms with Crippen LogP contribution >= 0.6 is 0 Å². The summed E-state index contributed by atoms with van der Waals surface area (Å²) >= 11 is 0. The Morgan fingerprint density at radius 3 is 1.26 bits per heavy atom. The van der Waals surface area contributed by atoms with Crippen LogP contribution in [0.2, 0.25) is 0 Å². The number of rotatable bonds is 7. The normalized spacial score (nSPS) is 9.92. The Bertz CT molecular complexity index is 1690. The van der Waals surface area contributed by atoms with Crippen molar-refractivity contribution in [3.63, 3.8) is 0 Å². The predicted molar refractivity (Wildman–Crippen MR) is 285 cm³/mol. The molecule has 0 spiro atoms. The van der Waals surface area contributed by atoms with Gasteiger partial charge in [-0.2, -0.15) is 15.3 Å². The van der Waals surface area contributed by atoms with Gasteiger partial charge in [0.1, 0.15) is 5.82 Å². The fraction of sp³-hybridized carbons (Fsp3) is 0.660. The second-order valence-electron chi connectivity index (χ2n) is 15.6. The number of imidazole rings is 3. The molecule has 0 radical (unpaired) electrons. The van der Waals surface area contributed by atoms with E-state index in [1.54, 1.807) is 0 Å². The van der Waals surface area contributed by atoms with Crippen molar-refractivity contribution in [2.45, 2.75) is 194 Å². The van der Waals surface area contributed by atoms with E-state index in [1.807, 2.05) is 208 Å². The van der Waals surface area contributed by atoms with Gasteiger partial charge in [-0.25, -0.2) is 15.0 Å². The van der Waals surface area contributed by atoms with Crippen LogP contribution < -0.4 is 0 Å². The van der Waals surface area contributed by atoms with Crippen LogP contribution in [0.5, 0.6) is 0 Å². The van der Waals surface area contributed by atoms with Gasteiger partial charge in [-0.15, -0.1) is 0 Å². The van der Waals surface area contributed by atoms with Gasteiger partial charge >= 0.3 is 0 Å². The van der Waals surface area contributed by atoms with E-state index in [2.05, 4.69) is 119 Å². The molecule has 0 saturated carbocycles. The topological polar surface area (TPSA) is 107 Å². The van der Waals surface area contributed by atoms with E-state index in [4.69, 9.17) is 0 Å². The molecular weight excluding hydrogens is 805 g/mol. The van der Waals surface area contributed by atoms with Crippen LogP contribution in [0.4, 0.5) is 0 Å². The third kappa shape index (κ3) is 31.7. The smallest absolute Gasteiger partial charge is 0.110 e. The van der Waals surface area contributed by atoms with Gasteiger partial charge in [-0.05, 0) is 53.7 Å². The standard InChI is InChI=1S/C8H14N2.5C7H12N2.5C2H6/c1-4-7(2)8-5-6-9-10(8)3;1-6(2)7-4-9(3)5-8-7;1-6(2)7-4-8-5-9(7)3;1-6(2)7-4-8-9(3)5-7;1-6(2)7-8-4-5-9(7)3;1-6(2)7-4-5-9(3)8-7;5*1-2/h5-7H,4H2,1-3H3;5*4-6H,1-3H3;5*1-2H3. The summed E-state index contributed by atoms with van der Waals surface area (Å²) in [5, 5.41) is 12.4. The molecule has 12 nitrogen and oxygen atoms in total. The molecule has 0 amide bonds. The van der Waals surface area contributed by atoms with Crippen molar-refractivity contribution >= 4 is 0 Å². The van der Waals surface area contributed by atoms with Crippen LogP contribution in [0, 0.1) is 0 Å². The molecule has 0 aromatic carbocycles. The Hall–Kier alpha value is -4.74. The molecule has 0 bridgehead atoms. The molecule has 12 heteroatoms. The maximum atomic E-state index is 4.23. The quantitative estimate of drug-likeness (QED) is 0.158. The van der Waals surface area contributed by atoms with Gasteiger partial charge in [-0.1, -0.05) is 152 Å². The number of aromatic nitrogens is 12. The molecule has 0 aliphatic heterocycles. The summed E-state index contributed by atoms with van der Waals surface area (Å²) in [6.07, 6.45) is 20.4. The zero-order valence-electron chi connectivity index (χ0n) is 47.5. The highest BCUT2D eigenvalue weighted by atomic mass is 15.3. The first-order valence-electron chi connectivity index (χ1n) is 24.7. The fourth-order valence-electron chi connectivity index (χ4n) is 5.14. The molecule has 1 unspecified atom stereocenters. The third-order valence-electron chi connectivity index (χ3n) is 8.83. The van der Waals surface area contributed by atoms with Crippen LogP contribution in [0.3, 0.4) is 0 Å². The van der Waals surface area contributed by atoms with E-state index < -0.39 is 0 Å². The Labute approximate surface area is 401 Å². The molecule has 1 atom stereocenters. The Morgan fingerprint density at radius 2 is 1.05 bits per heavy atom. The Kier molecular flexibility index (Phi) is 46.0. The monoisotopic (exact) mass is 909 g/mol. The molecule has 6 aromatic rings. The Balaban J connectivity index is -0.000000213. The van der Waals surface area contributed by atoms with Crippen molar-refractivity contribution in [3.8, 4) is 0 Å². The van der Waals surface area contributed by atoms with Crippen LogP contribution in [0.25, 0.3) is 0 Å². The number of nitrogens with zero attached hydrogens (tertiary/aromatic N) is 12. The molecule has 65 heavy (non-hydrogen) atoms. The summed E-state index contributed by atoms with van der Waals surface area (Å²) in [6.45, 7) is 45.9. The van der Waals surface area contributed by atoms with E-state index in [0.717, 1.165) is 17.2 Å². The molecule has 376 valence electrons. The zero-order valence-corrected chi connectivity index (χ0v) is 47.5. The van der Waals surface area contributed by atoms with Crippen LogP contribution in [-0.4, -0.2) is 58.0 Å². The van der Waals surface area contributed by atoms with Crippen molar-refractivity contribution in [2.75, 3.05) is 0 Å². The molecule has 0 aliphatic carbocycles.